The number of nitrogens with two attached hydrogens (primary N) is 1. The highest BCUT2D eigenvalue weighted by molar-refractivity contribution is 6.40. The second kappa shape index (κ2) is 8.49. The topological polar surface area (TPSA) is 116 Å². The smallest absolute Gasteiger partial charge is 0.451 e. The Bertz CT molecular complexity index is 274. The summed E-state index contributed by atoms with van der Waals surface area (Å²) in [6, 6.07) is -0.918. The Morgan fingerprint density at radius 1 is 1.37 bits per heavy atom. The fourth-order valence-electron chi connectivity index (χ4n) is 2.26. The van der Waals surface area contributed by atoms with Crippen LogP contribution in [0.5, 0.6) is 0 Å². The largest absolute Gasteiger partial charge is 0.480 e. The van der Waals surface area contributed by atoms with Crippen LogP contribution in [0.3, 0.4) is 0 Å². The quantitative estimate of drug-likeness (QED) is 0.402. The molecule has 2 atom stereocenters. The number of ether oxygens (including phenoxy) is 1. The van der Waals surface area contributed by atoms with Crippen LogP contribution in [0.1, 0.15) is 12.8 Å². The highest BCUT2D eigenvalue weighted by Crippen LogP contribution is 2.16. The third-order valence-corrected chi connectivity index (χ3v) is 3.43. The molecule has 7 nitrogen and oxygen atoms in total. The molecule has 1 saturated heterocycles. The van der Waals surface area contributed by atoms with Crippen LogP contribution in [0.25, 0.3) is 0 Å². The number of carboxylic acids is 1. The van der Waals surface area contributed by atoms with Crippen molar-refractivity contribution >= 4 is 13.1 Å². The summed E-state index contributed by atoms with van der Waals surface area (Å²) in [5.74, 6) is -1.20. The molecule has 5 N–H and O–H groups in total. The van der Waals surface area contributed by atoms with Crippen LogP contribution in [0.15, 0.2) is 0 Å². The summed E-state index contributed by atoms with van der Waals surface area (Å²) < 4.78 is 5.25. The minimum atomic E-state index is -1.34. The molecule has 1 aliphatic heterocycles. The van der Waals surface area contributed by atoms with E-state index in [0.717, 1.165) is 13.1 Å². The summed E-state index contributed by atoms with van der Waals surface area (Å²) in [5, 5.41) is 26.7. The molecular weight excluding hydrogens is 251 g/mol. The van der Waals surface area contributed by atoms with Crippen molar-refractivity contribution < 1.29 is 24.7 Å². The Kier molecular flexibility index (Phi) is 7.33. The lowest BCUT2D eigenvalue weighted by Crippen LogP contribution is -2.47. The molecule has 0 amide bonds. The standard InChI is InChI=1S/C11H23BN2O5/c13-10(11(15)16)9(2-1-3-12(17)18)8-14-4-6-19-7-5-14/h9-10,17-18H,1-8,13H2,(H,15,16)/t9-,10+/m1/s1. The predicted molar refractivity (Wildman–Crippen MR) is 70.6 cm³/mol. The second-order valence-electron chi connectivity index (χ2n) is 4.95. The van der Waals surface area contributed by atoms with Gasteiger partial charge in [-0.25, -0.2) is 0 Å². The molecule has 19 heavy (non-hydrogen) atoms. The van der Waals surface area contributed by atoms with Crippen molar-refractivity contribution in [3.63, 3.8) is 0 Å². The zero-order valence-corrected chi connectivity index (χ0v) is 11.1. The first-order valence-corrected chi connectivity index (χ1v) is 6.65. The van der Waals surface area contributed by atoms with Crippen LogP contribution in [0.4, 0.5) is 0 Å². The van der Waals surface area contributed by atoms with Gasteiger partial charge < -0.3 is 25.6 Å². The molecular formula is C11H23BN2O5. The first kappa shape index (κ1) is 16.4. The monoisotopic (exact) mass is 274 g/mol. The van der Waals surface area contributed by atoms with Gasteiger partial charge in [-0.05, 0) is 18.7 Å². The van der Waals surface area contributed by atoms with E-state index in [0.29, 0.717) is 32.6 Å². The third kappa shape index (κ3) is 6.35. The number of rotatable bonds is 8. The van der Waals surface area contributed by atoms with Crippen LogP contribution in [-0.2, 0) is 9.53 Å². The van der Waals surface area contributed by atoms with E-state index < -0.39 is 19.1 Å². The Morgan fingerprint density at radius 3 is 2.53 bits per heavy atom. The minimum Gasteiger partial charge on any atom is -0.480 e. The Morgan fingerprint density at radius 2 is 2.00 bits per heavy atom. The molecule has 0 bridgehead atoms. The Labute approximate surface area is 113 Å². The number of hydrogen-bond donors (Lipinski definition) is 4. The van der Waals surface area contributed by atoms with E-state index >= 15 is 0 Å². The molecule has 110 valence electrons. The van der Waals surface area contributed by atoms with Crippen molar-refractivity contribution in [2.24, 2.45) is 11.7 Å². The zero-order valence-electron chi connectivity index (χ0n) is 11.1. The zero-order chi connectivity index (χ0) is 14.3. The Hall–Kier alpha value is -0.665. The van der Waals surface area contributed by atoms with E-state index in [1.807, 2.05) is 0 Å². The summed E-state index contributed by atoms with van der Waals surface area (Å²) >= 11 is 0. The van der Waals surface area contributed by atoms with Gasteiger partial charge in [0.25, 0.3) is 0 Å². The van der Waals surface area contributed by atoms with Crippen molar-refractivity contribution in [1.29, 1.82) is 0 Å². The van der Waals surface area contributed by atoms with Gasteiger partial charge in [0.1, 0.15) is 6.04 Å². The van der Waals surface area contributed by atoms with Gasteiger partial charge in [-0.2, -0.15) is 0 Å². The van der Waals surface area contributed by atoms with Gasteiger partial charge in [-0.15, -0.1) is 0 Å². The number of morpholine rings is 1. The molecule has 0 spiro atoms. The number of aliphatic carboxylic acids is 1. The molecule has 0 unspecified atom stereocenters. The van der Waals surface area contributed by atoms with Gasteiger partial charge in [-0.3, -0.25) is 9.69 Å². The lowest BCUT2D eigenvalue weighted by atomic mass is 9.81. The highest BCUT2D eigenvalue weighted by Gasteiger charge is 2.27. The molecule has 1 fully saturated rings. The lowest BCUT2D eigenvalue weighted by molar-refractivity contribution is -0.140. The molecule has 1 aliphatic rings. The van der Waals surface area contributed by atoms with Crippen LogP contribution >= 0.6 is 0 Å². The van der Waals surface area contributed by atoms with Crippen molar-refractivity contribution in [3.05, 3.63) is 0 Å². The van der Waals surface area contributed by atoms with Crippen molar-refractivity contribution in [2.45, 2.75) is 25.2 Å². The minimum absolute atomic E-state index is 0.186. The van der Waals surface area contributed by atoms with Gasteiger partial charge in [0.05, 0.1) is 13.2 Å². The fourth-order valence-corrected chi connectivity index (χ4v) is 2.26. The SMILES string of the molecule is N[C@H](C(=O)O)[C@H](CCCB(O)O)CN1CCOCC1. The summed E-state index contributed by atoms with van der Waals surface area (Å²) in [5.41, 5.74) is 5.71. The van der Waals surface area contributed by atoms with Crippen LogP contribution in [-0.4, -0.2) is 72.0 Å². The van der Waals surface area contributed by atoms with Gasteiger partial charge in [0, 0.05) is 19.6 Å². The van der Waals surface area contributed by atoms with E-state index in [4.69, 9.17) is 25.6 Å². The fraction of sp³-hybridized carbons (Fsp3) is 0.909. The summed E-state index contributed by atoms with van der Waals surface area (Å²) in [4.78, 5) is 13.2. The average Bonchev–Trinajstić information content (AvgIpc) is 2.37. The van der Waals surface area contributed by atoms with Crippen LogP contribution in [0.2, 0.25) is 6.32 Å². The summed E-state index contributed by atoms with van der Waals surface area (Å²) in [6.45, 7) is 3.49. The molecule has 0 radical (unpaired) electrons. The van der Waals surface area contributed by atoms with E-state index in [9.17, 15) is 4.79 Å². The normalized spacial score (nSPS) is 19.9. The molecule has 8 heteroatoms. The predicted octanol–water partition coefficient (Wildman–Crippen LogP) is -1.40. The first-order chi connectivity index (χ1) is 9.00. The van der Waals surface area contributed by atoms with E-state index in [1.165, 1.54) is 0 Å². The van der Waals surface area contributed by atoms with Crippen molar-refractivity contribution in [2.75, 3.05) is 32.8 Å². The molecule has 0 aromatic rings. The molecule has 1 heterocycles. The maximum absolute atomic E-state index is 11.0. The Balaban J connectivity index is 2.45. The first-order valence-electron chi connectivity index (χ1n) is 6.65. The second-order valence-corrected chi connectivity index (χ2v) is 4.95. The molecule has 0 aliphatic carbocycles. The molecule has 1 rings (SSSR count). The summed E-state index contributed by atoms with van der Waals surface area (Å²) in [7, 11) is -1.34. The van der Waals surface area contributed by atoms with Gasteiger partial charge in [0.2, 0.25) is 0 Å². The molecule has 0 aromatic carbocycles. The maximum Gasteiger partial charge on any atom is 0.451 e. The molecule has 0 saturated carbocycles. The molecule has 0 aromatic heterocycles. The van der Waals surface area contributed by atoms with Crippen molar-refractivity contribution in [3.8, 4) is 0 Å². The number of nitrogens with zero attached hydrogens (tertiary/aromatic N) is 1. The van der Waals surface area contributed by atoms with Crippen LogP contribution in [0, 0.1) is 5.92 Å². The highest BCUT2D eigenvalue weighted by atomic mass is 16.5. The van der Waals surface area contributed by atoms with Crippen molar-refractivity contribution in [1.82, 2.24) is 4.90 Å². The average molecular weight is 274 g/mol. The number of carbonyl (C=O) groups is 1. The van der Waals surface area contributed by atoms with Crippen LogP contribution < -0.4 is 5.73 Å². The third-order valence-electron chi connectivity index (χ3n) is 3.43. The van der Waals surface area contributed by atoms with E-state index in [-0.39, 0.29) is 12.2 Å². The van der Waals surface area contributed by atoms with E-state index in [2.05, 4.69) is 4.90 Å². The van der Waals surface area contributed by atoms with Gasteiger partial charge >= 0.3 is 13.1 Å². The number of hydrogen-bond acceptors (Lipinski definition) is 6. The van der Waals surface area contributed by atoms with Gasteiger partial charge in [-0.1, -0.05) is 6.42 Å². The summed E-state index contributed by atoms with van der Waals surface area (Å²) in [6.07, 6.45) is 1.36. The maximum atomic E-state index is 11.0. The lowest BCUT2D eigenvalue weighted by Gasteiger charge is -2.31. The van der Waals surface area contributed by atoms with E-state index in [1.54, 1.807) is 0 Å². The van der Waals surface area contributed by atoms with Gasteiger partial charge in [0.15, 0.2) is 0 Å². The number of carboxylic acid groups (broad SMARTS) is 1.